The molecule has 0 bridgehead atoms. The molecular weight excluding hydrogens is 242 g/mol. The first-order valence-electron chi connectivity index (χ1n) is 5.26. The highest BCUT2D eigenvalue weighted by molar-refractivity contribution is 6.33. The molecule has 4 N–H and O–H groups in total. The van der Waals surface area contributed by atoms with Gasteiger partial charge in [-0.1, -0.05) is 11.6 Å². The Morgan fingerprint density at radius 3 is 2.94 bits per heavy atom. The summed E-state index contributed by atoms with van der Waals surface area (Å²) in [6, 6.07) is 2.82. The van der Waals surface area contributed by atoms with E-state index in [9.17, 15) is 4.79 Å². The van der Waals surface area contributed by atoms with E-state index >= 15 is 0 Å². The number of benzene rings is 1. The fraction of sp³-hybridized carbons (Fsp3) is 0.364. The summed E-state index contributed by atoms with van der Waals surface area (Å²) in [5.74, 6) is -0.224. The highest BCUT2D eigenvalue weighted by atomic mass is 35.5. The normalized spacial score (nSPS) is 17.9. The van der Waals surface area contributed by atoms with Crippen LogP contribution >= 0.6 is 11.6 Å². The molecule has 0 saturated carbocycles. The molecule has 0 aliphatic carbocycles. The third kappa shape index (κ3) is 2.09. The Kier molecular flexibility index (Phi) is 3.24. The smallest absolute Gasteiger partial charge is 0.245 e. The molecule has 1 aromatic carbocycles. The standard InChI is InChI=1S/C11H14ClN3O2/c1-15(2-3-16)9-5-8-6(4-7(9)12)10(13)11(17)14-8/h4-5,10,16H,2-3,13H2,1H3,(H,14,17). The van der Waals surface area contributed by atoms with E-state index in [1.165, 1.54) is 0 Å². The number of aliphatic hydroxyl groups excluding tert-OH is 1. The summed E-state index contributed by atoms with van der Waals surface area (Å²) in [7, 11) is 1.82. The highest BCUT2D eigenvalue weighted by Crippen LogP contribution is 2.37. The van der Waals surface area contributed by atoms with Gasteiger partial charge in [0.05, 0.1) is 17.3 Å². The minimum Gasteiger partial charge on any atom is -0.395 e. The molecular formula is C11H14ClN3O2. The summed E-state index contributed by atoms with van der Waals surface area (Å²) in [6.45, 7) is 0.508. The zero-order valence-corrected chi connectivity index (χ0v) is 10.2. The number of fused-ring (bicyclic) bond motifs is 1. The third-order valence-electron chi connectivity index (χ3n) is 2.84. The van der Waals surface area contributed by atoms with Gasteiger partial charge >= 0.3 is 0 Å². The molecule has 6 heteroatoms. The molecule has 1 aliphatic heterocycles. The van der Waals surface area contributed by atoms with E-state index in [0.29, 0.717) is 22.8 Å². The lowest BCUT2D eigenvalue weighted by Crippen LogP contribution is -2.21. The maximum Gasteiger partial charge on any atom is 0.245 e. The molecule has 1 aromatic rings. The van der Waals surface area contributed by atoms with Gasteiger partial charge in [0.2, 0.25) is 5.91 Å². The molecule has 17 heavy (non-hydrogen) atoms. The topological polar surface area (TPSA) is 78.6 Å². The van der Waals surface area contributed by atoms with Crippen LogP contribution in [-0.4, -0.2) is 31.2 Å². The van der Waals surface area contributed by atoms with Crippen molar-refractivity contribution in [3.8, 4) is 0 Å². The Morgan fingerprint density at radius 1 is 1.59 bits per heavy atom. The average molecular weight is 256 g/mol. The number of anilines is 2. The number of nitrogens with one attached hydrogen (secondary N) is 1. The van der Waals surface area contributed by atoms with Crippen LogP contribution < -0.4 is 16.0 Å². The molecule has 1 atom stereocenters. The Labute approximate surface area is 104 Å². The van der Waals surface area contributed by atoms with Gasteiger partial charge in [-0.15, -0.1) is 0 Å². The summed E-state index contributed by atoms with van der Waals surface area (Å²) in [5, 5.41) is 12.1. The summed E-state index contributed by atoms with van der Waals surface area (Å²) in [6.07, 6.45) is 0. The lowest BCUT2D eigenvalue weighted by molar-refractivity contribution is -0.116. The first-order chi connectivity index (χ1) is 8.04. The lowest BCUT2D eigenvalue weighted by Gasteiger charge is -2.20. The van der Waals surface area contributed by atoms with Crippen LogP contribution in [0.5, 0.6) is 0 Å². The lowest BCUT2D eigenvalue weighted by atomic mass is 10.1. The van der Waals surface area contributed by atoms with Crippen molar-refractivity contribution in [3.05, 3.63) is 22.7 Å². The average Bonchev–Trinajstić information content (AvgIpc) is 2.55. The number of nitrogens with zero attached hydrogens (tertiary/aromatic N) is 1. The van der Waals surface area contributed by atoms with Crippen molar-refractivity contribution in [2.75, 3.05) is 30.4 Å². The van der Waals surface area contributed by atoms with Crippen molar-refractivity contribution in [3.63, 3.8) is 0 Å². The number of amides is 1. The molecule has 0 fully saturated rings. The minimum absolute atomic E-state index is 0.0375. The van der Waals surface area contributed by atoms with Crippen molar-refractivity contribution in [2.45, 2.75) is 6.04 Å². The van der Waals surface area contributed by atoms with Gasteiger partial charge < -0.3 is 21.1 Å². The molecule has 5 nitrogen and oxygen atoms in total. The van der Waals surface area contributed by atoms with E-state index in [1.807, 2.05) is 11.9 Å². The predicted octanol–water partition coefficient (Wildman–Crippen LogP) is 0.720. The molecule has 2 rings (SSSR count). The van der Waals surface area contributed by atoms with Gasteiger partial charge in [-0.25, -0.2) is 0 Å². The van der Waals surface area contributed by atoms with Crippen molar-refractivity contribution in [2.24, 2.45) is 5.73 Å². The molecule has 1 heterocycles. The molecule has 1 amide bonds. The number of hydrogen-bond donors (Lipinski definition) is 3. The van der Waals surface area contributed by atoms with Crippen LogP contribution in [-0.2, 0) is 4.79 Å². The summed E-state index contributed by atoms with van der Waals surface area (Å²) >= 11 is 6.13. The summed E-state index contributed by atoms with van der Waals surface area (Å²) < 4.78 is 0. The van der Waals surface area contributed by atoms with Gasteiger partial charge in [0.1, 0.15) is 6.04 Å². The van der Waals surface area contributed by atoms with Crippen LogP contribution in [0.3, 0.4) is 0 Å². The Hall–Kier alpha value is -1.30. The van der Waals surface area contributed by atoms with Crippen LogP contribution in [0.2, 0.25) is 5.02 Å². The number of hydrogen-bond acceptors (Lipinski definition) is 4. The second kappa shape index (κ2) is 4.52. The zero-order chi connectivity index (χ0) is 12.6. The summed E-state index contributed by atoms with van der Waals surface area (Å²) in [4.78, 5) is 13.2. The van der Waals surface area contributed by atoms with Gasteiger partial charge in [-0.2, -0.15) is 0 Å². The Morgan fingerprint density at radius 2 is 2.29 bits per heavy atom. The number of nitrogens with two attached hydrogens (primary N) is 1. The van der Waals surface area contributed by atoms with E-state index in [4.69, 9.17) is 22.4 Å². The van der Waals surface area contributed by atoms with Gasteiger partial charge in [-0.3, -0.25) is 4.79 Å². The molecule has 1 unspecified atom stereocenters. The van der Waals surface area contributed by atoms with Gasteiger partial charge in [0, 0.05) is 24.8 Å². The molecule has 92 valence electrons. The fourth-order valence-electron chi connectivity index (χ4n) is 1.86. The van der Waals surface area contributed by atoms with E-state index in [0.717, 1.165) is 5.69 Å². The van der Waals surface area contributed by atoms with Crippen molar-refractivity contribution >= 4 is 28.9 Å². The predicted molar refractivity (Wildman–Crippen MR) is 67.4 cm³/mol. The first kappa shape index (κ1) is 12.2. The SMILES string of the molecule is CN(CCO)c1cc2c(cc1Cl)C(N)C(=O)N2. The van der Waals surface area contributed by atoms with E-state index in [1.54, 1.807) is 12.1 Å². The molecule has 1 aliphatic rings. The van der Waals surface area contributed by atoms with Crippen LogP contribution in [0.25, 0.3) is 0 Å². The quantitative estimate of drug-likeness (QED) is 0.744. The van der Waals surface area contributed by atoms with E-state index in [-0.39, 0.29) is 12.5 Å². The number of halogens is 1. The summed E-state index contributed by atoms with van der Waals surface area (Å²) in [5.41, 5.74) is 7.87. The maximum atomic E-state index is 11.4. The maximum absolute atomic E-state index is 11.4. The van der Waals surface area contributed by atoms with Crippen molar-refractivity contribution < 1.29 is 9.90 Å². The Balaban J connectivity index is 2.39. The van der Waals surface area contributed by atoms with E-state index < -0.39 is 6.04 Å². The minimum atomic E-state index is -0.653. The second-order valence-corrected chi connectivity index (χ2v) is 4.41. The van der Waals surface area contributed by atoms with Gasteiger partial charge in [0.15, 0.2) is 0 Å². The fourth-order valence-corrected chi connectivity index (χ4v) is 2.17. The van der Waals surface area contributed by atoms with Crippen LogP contribution in [0.1, 0.15) is 11.6 Å². The van der Waals surface area contributed by atoms with E-state index in [2.05, 4.69) is 5.32 Å². The van der Waals surface area contributed by atoms with Crippen molar-refractivity contribution in [1.29, 1.82) is 0 Å². The number of likely N-dealkylation sites (N-methyl/N-ethyl adjacent to an activating group) is 1. The van der Waals surface area contributed by atoms with Crippen LogP contribution in [0.15, 0.2) is 12.1 Å². The second-order valence-electron chi connectivity index (χ2n) is 4.00. The number of aliphatic hydroxyl groups is 1. The largest absolute Gasteiger partial charge is 0.395 e. The zero-order valence-electron chi connectivity index (χ0n) is 9.40. The Bertz CT molecular complexity index is 464. The van der Waals surface area contributed by atoms with Gasteiger partial charge in [-0.05, 0) is 12.1 Å². The third-order valence-corrected chi connectivity index (χ3v) is 3.14. The highest BCUT2D eigenvalue weighted by Gasteiger charge is 2.28. The molecule has 0 radical (unpaired) electrons. The number of carbonyl (C=O) groups is 1. The molecule has 0 aromatic heterocycles. The van der Waals surface area contributed by atoms with Crippen LogP contribution in [0, 0.1) is 0 Å². The van der Waals surface area contributed by atoms with Crippen molar-refractivity contribution in [1.82, 2.24) is 0 Å². The number of carbonyl (C=O) groups excluding carboxylic acids is 1. The van der Waals surface area contributed by atoms with Gasteiger partial charge in [0.25, 0.3) is 0 Å². The molecule has 0 spiro atoms. The first-order valence-corrected chi connectivity index (χ1v) is 5.64. The van der Waals surface area contributed by atoms with Crippen LogP contribution in [0.4, 0.5) is 11.4 Å². The monoisotopic (exact) mass is 255 g/mol. The molecule has 0 saturated heterocycles. The number of rotatable bonds is 3.